The standard InChI is InChI=1S/C12H18BrN3O/c1-2-10(13)12(17)16-7-3-4-9(8-16)11-5-6-14-15-11/h5-6,9-10H,2-4,7-8H2,1H3,(H,14,15). The van der Waals surface area contributed by atoms with E-state index in [1.807, 2.05) is 17.9 Å². The minimum atomic E-state index is -0.0389. The molecule has 1 aliphatic rings. The zero-order chi connectivity index (χ0) is 12.3. The lowest BCUT2D eigenvalue weighted by Crippen LogP contribution is -2.42. The van der Waals surface area contributed by atoms with E-state index in [2.05, 4.69) is 26.1 Å². The van der Waals surface area contributed by atoms with Gasteiger partial charge in [0.1, 0.15) is 0 Å². The van der Waals surface area contributed by atoms with Gasteiger partial charge in [-0.05, 0) is 25.3 Å². The van der Waals surface area contributed by atoms with Gasteiger partial charge in [-0.2, -0.15) is 5.10 Å². The summed E-state index contributed by atoms with van der Waals surface area (Å²) in [7, 11) is 0. The Morgan fingerprint density at radius 1 is 1.76 bits per heavy atom. The number of aromatic nitrogens is 2. The maximum absolute atomic E-state index is 12.1. The van der Waals surface area contributed by atoms with Gasteiger partial charge in [-0.25, -0.2) is 0 Å². The van der Waals surface area contributed by atoms with E-state index < -0.39 is 0 Å². The monoisotopic (exact) mass is 299 g/mol. The van der Waals surface area contributed by atoms with Crippen molar-refractivity contribution in [3.8, 4) is 0 Å². The maximum Gasteiger partial charge on any atom is 0.236 e. The second-order valence-corrected chi connectivity index (χ2v) is 5.62. The molecule has 4 nitrogen and oxygen atoms in total. The fourth-order valence-corrected chi connectivity index (χ4v) is 2.59. The minimum Gasteiger partial charge on any atom is -0.341 e. The number of piperidine rings is 1. The Morgan fingerprint density at radius 3 is 3.24 bits per heavy atom. The first-order valence-corrected chi connectivity index (χ1v) is 7.06. The van der Waals surface area contributed by atoms with Crippen LogP contribution in [0.25, 0.3) is 0 Å². The highest BCUT2D eigenvalue weighted by Gasteiger charge is 2.27. The van der Waals surface area contributed by atoms with Gasteiger partial charge in [-0.15, -0.1) is 0 Å². The van der Waals surface area contributed by atoms with Gasteiger partial charge in [0, 0.05) is 30.9 Å². The van der Waals surface area contributed by atoms with E-state index in [4.69, 9.17) is 0 Å². The molecule has 94 valence electrons. The second kappa shape index (κ2) is 5.67. The Labute approximate surface area is 110 Å². The molecular formula is C12H18BrN3O. The van der Waals surface area contributed by atoms with Crippen LogP contribution in [-0.2, 0) is 4.79 Å². The summed E-state index contributed by atoms with van der Waals surface area (Å²) in [5.74, 6) is 0.628. The molecule has 1 saturated heterocycles. The largest absolute Gasteiger partial charge is 0.341 e. The average molecular weight is 300 g/mol. The molecule has 1 aromatic heterocycles. The van der Waals surface area contributed by atoms with Crippen molar-refractivity contribution in [3.05, 3.63) is 18.0 Å². The van der Waals surface area contributed by atoms with Crippen LogP contribution in [-0.4, -0.2) is 38.9 Å². The normalized spacial score (nSPS) is 22.5. The molecule has 1 aromatic rings. The third kappa shape index (κ3) is 2.89. The molecule has 5 heteroatoms. The smallest absolute Gasteiger partial charge is 0.236 e. The zero-order valence-electron chi connectivity index (χ0n) is 10.0. The Hall–Kier alpha value is -0.840. The van der Waals surface area contributed by atoms with Gasteiger partial charge in [-0.1, -0.05) is 22.9 Å². The van der Waals surface area contributed by atoms with Crippen LogP contribution < -0.4 is 0 Å². The van der Waals surface area contributed by atoms with Gasteiger partial charge < -0.3 is 4.90 Å². The van der Waals surface area contributed by atoms with Crippen LogP contribution in [0, 0.1) is 0 Å². The van der Waals surface area contributed by atoms with E-state index in [1.54, 1.807) is 6.20 Å². The molecule has 0 spiro atoms. The Kier molecular flexibility index (Phi) is 4.20. The average Bonchev–Trinajstić information content (AvgIpc) is 2.91. The molecule has 0 aromatic carbocycles. The van der Waals surface area contributed by atoms with E-state index >= 15 is 0 Å². The summed E-state index contributed by atoms with van der Waals surface area (Å²) < 4.78 is 0. The lowest BCUT2D eigenvalue weighted by molar-refractivity contribution is -0.131. The molecule has 1 N–H and O–H groups in total. The SMILES string of the molecule is CCC(Br)C(=O)N1CCCC(c2ccn[nH]2)C1. The summed E-state index contributed by atoms with van der Waals surface area (Å²) in [6, 6.07) is 2.00. The maximum atomic E-state index is 12.1. The van der Waals surface area contributed by atoms with Gasteiger partial charge in [0.05, 0.1) is 4.83 Å². The predicted molar refractivity (Wildman–Crippen MR) is 70.1 cm³/mol. The molecular weight excluding hydrogens is 282 g/mol. The van der Waals surface area contributed by atoms with E-state index in [1.165, 1.54) is 0 Å². The molecule has 2 unspecified atom stereocenters. The van der Waals surface area contributed by atoms with Crippen LogP contribution in [0.1, 0.15) is 37.8 Å². The summed E-state index contributed by atoms with van der Waals surface area (Å²) in [5, 5.41) is 6.99. The van der Waals surface area contributed by atoms with Crippen LogP contribution >= 0.6 is 15.9 Å². The number of halogens is 1. The van der Waals surface area contributed by atoms with E-state index in [0.717, 1.165) is 38.0 Å². The number of H-pyrrole nitrogens is 1. The number of alkyl halides is 1. The molecule has 0 bridgehead atoms. The number of rotatable bonds is 3. The minimum absolute atomic E-state index is 0.0389. The van der Waals surface area contributed by atoms with E-state index in [9.17, 15) is 4.79 Å². The summed E-state index contributed by atoms with van der Waals surface area (Å²) in [4.78, 5) is 14.0. The number of aromatic amines is 1. The highest BCUT2D eigenvalue weighted by molar-refractivity contribution is 9.10. The Balaban J connectivity index is 2.00. The lowest BCUT2D eigenvalue weighted by Gasteiger charge is -2.33. The predicted octanol–water partition coefficient (Wildman–Crippen LogP) is 2.29. The number of amides is 1. The van der Waals surface area contributed by atoms with Gasteiger partial charge in [0.2, 0.25) is 5.91 Å². The molecule has 1 fully saturated rings. The summed E-state index contributed by atoms with van der Waals surface area (Å²) in [6.07, 6.45) is 4.81. The molecule has 2 atom stereocenters. The quantitative estimate of drug-likeness (QED) is 0.871. The van der Waals surface area contributed by atoms with Crippen molar-refractivity contribution < 1.29 is 4.79 Å². The molecule has 0 aliphatic carbocycles. The molecule has 0 radical (unpaired) electrons. The van der Waals surface area contributed by atoms with Crippen molar-refractivity contribution in [1.82, 2.24) is 15.1 Å². The highest BCUT2D eigenvalue weighted by Crippen LogP contribution is 2.26. The summed E-state index contributed by atoms with van der Waals surface area (Å²) >= 11 is 3.44. The third-order valence-corrected chi connectivity index (χ3v) is 4.36. The van der Waals surface area contributed by atoms with Crippen molar-refractivity contribution in [3.63, 3.8) is 0 Å². The second-order valence-electron chi connectivity index (χ2n) is 4.51. The number of likely N-dealkylation sites (tertiary alicyclic amines) is 1. The van der Waals surface area contributed by atoms with Gasteiger partial charge in [0.25, 0.3) is 0 Å². The number of hydrogen-bond donors (Lipinski definition) is 1. The van der Waals surface area contributed by atoms with Crippen molar-refractivity contribution in [2.75, 3.05) is 13.1 Å². The van der Waals surface area contributed by atoms with Crippen molar-refractivity contribution in [1.29, 1.82) is 0 Å². The van der Waals surface area contributed by atoms with Crippen LogP contribution in [0.2, 0.25) is 0 Å². The van der Waals surface area contributed by atoms with Crippen LogP contribution in [0.5, 0.6) is 0 Å². The number of hydrogen-bond acceptors (Lipinski definition) is 2. The molecule has 17 heavy (non-hydrogen) atoms. The first-order valence-electron chi connectivity index (χ1n) is 6.14. The molecule has 1 amide bonds. The first kappa shape index (κ1) is 12.6. The van der Waals surface area contributed by atoms with E-state index in [-0.39, 0.29) is 10.7 Å². The first-order chi connectivity index (χ1) is 8.22. The summed E-state index contributed by atoms with van der Waals surface area (Å²) in [5.41, 5.74) is 1.14. The fourth-order valence-electron chi connectivity index (χ4n) is 2.30. The fraction of sp³-hybridized carbons (Fsp3) is 0.667. The van der Waals surface area contributed by atoms with Crippen molar-refractivity contribution in [2.45, 2.75) is 36.9 Å². The topological polar surface area (TPSA) is 49.0 Å². The zero-order valence-corrected chi connectivity index (χ0v) is 11.6. The Morgan fingerprint density at radius 2 is 2.59 bits per heavy atom. The van der Waals surface area contributed by atoms with Gasteiger partial charge in [-0.3, -0.25) is 9.89 Å². The van der Waals surface area contributed by atoms with Crippen molar-refractivity contribution in [2.24, 2.45) is 0 Å². The number of nitrogens with one attached hydrogen (secondary N) is 1. The molecule has 1 aliphatic heterocycles. The Bertz CT molecular complexity index is 366. The highest BCUT2D eigenvalue weighted by atomic mass is 79.9. The number of nitrogens with zero attached hydrogens (tertiary/aromatic N) is 2. The van der Waals surface area contributed by atoms with Crippen LogP contribution in [0.4, 0.5) is 0 Å². The number of carbonyl (C=O) groups is 1. The van der Waals surface area contributed by atoms with Crippen LogP contribution in [0.3, 0.4) is 0 Å². The summed E-state index contributed by atoms with van der Waals surface area (Å²) in [6.45, 7) is 3.71. The molecule has 2 heterocycles. The van der Waals surface area contributed by atoms with Gasteiger partial charge >= 0.3 is 0 Å². The van der Waals surface area contributed by atoms with Crippen molar-refractivity contribution >= 4 is 21.8 Å². The molecule has 2 rings (SSSR count). The third-order valence-electron chi connectivity index (χ3n) is 3.32. The number of carbonyl (C=O) groups excluding carboxylic acids is 1. The van der Waals surface area contributed by atoms with E-state index in [0.29, 0.717) is 5.92 Å². The van der Waals surface area contributed by atoms with Crippen LogP contribution in [0.15, 0.2) is 12.3 Å². The molecule has 0 saturated carbocycles. The van der Waals surface area contributed by atoms with Gasteiger partial charge in [0.15, 0.2) is 0 Å². The lowest BCUT2D eigenvalue weighted by atomic mass is 9.94.